The van der Waals surface area contributed by atoms with Crippen LogP contribution in [-0.4, -0.2) is 84.0 Å². The first-order valence-electron chi connectivity index (χ1n) is 12.6. The Labute approximate surface area is 234 Å². The molecule has 41 heavy (non-hydrogen) atoms. The third kappa shape index (κ3) is 10.1. The number of unbranched alkanes of at least 4 members (excludes halogenated alkanes) is 1. The largest absolute Gasteiger partial charge is 0.573 e. The molecule has 0 saturated carbocycles. The van der Waals surface area contributed by atoms with E-state index in [1.54, 1.807) is 23.1 Å². The zero-order valence-electron chi connectivity index (χ0n) is 22.4. The molecule has 6 N–H and O–H groups in total. The maximum atomic E-state index is 12.6. The Kier molecular flexibility index (Phi) is 10.7. The number of likely N-dealkylation sites (N-methyl/N-ethyl adjacent to an activating group) is 1. The highest BCUT2D eigenvalue weighted by atomic mass is 19.4. The Morgan fingerprint density at radius 3 is 2.61 bits per heavy atom. The van der Waals surface area contributed by atoms with Gasteiger partial charge in [0.05, 0.1) is 12.2 Å². The van der Waals surface area contributed by atoms with E-state index in [4.69, 9.17) is 11.6 Å². The van der Waals surface area contributed by atoms with Crippen molar-refractivity contribution in [3.05, 3.63) is 54.0 Å². The quantitative estimate of drug-likeness (QED) is 0.121. The van der Waals surface area contributed by atoms with Crippen LogP contribution in [0.4, 0.5) is 24.7 Å². The fourth-order valence-corrected chi connectivity index (χ4v) is 3.94. The minimum atomic E-state index is -4.82. The summed E-state index contributed by atoms with van der Waals surface area (Å²) in [6.45, 7) is 0.697. The van der Waals surface area contributed by atoms with Gasteiger partial charge >= 0.3 is 6.36 Å². The third-order valence-electron chi connectivity index (χ3n) is 5.95. The van der Waals surface area contributed by atoms with E-state index in [-0.39, 0.29) is 42.8 Å². The van der Waals surface area contributed by atoms with E-state index in [9.17, 15) is 27.6 Å². The van der Waals surface area contributed by atoms with Gasteiger partial charge in [-0.05, 0) is 43.5 Å². The first kappa shape index (κ1) is 30.9. The molecule has 0 aliphatic carbocycles. The van der Waals surface area contributed by atoms with Crippen LogP contribution in [0.15, 0.2) is 48.3 Å². The number of alkyl halides is 3. The lowest BCUT2D eigenvalue weighted by atomic mass is 10.2. The first-order valence-corrected chi connectivity index (χ1v) is 12.6. The molecule has 0 atom stereocenters. The van der Waals surface area contributed by atoms with Gasteiger partial charge in [0.15, 0.2) is 5.82 Å². The van der Waals surface area contributed by atoms with Gasteiger partial charge in [-0.2, -0.15) is 5.10 Å². The van der Waals surface area contributed by atoms with Crippen LogP contribution >= 0.6 is 0 Å². The summed E-state index contributed by atoms with van der Waals surface area (Å²) in [5, 5.41) is 14.5. The average molecular weight is 580 g/mol. The van der Waals surface area contributed by atoms with Crippen molar-refractivity contribution in [3.63, 3.8) is 0 Å². The number of aryl methyl sites for hydroxylation is 1. The number of nitrogens with two attached hydrogens (primary N) is 2. The molecule has 0 spiro atoms. The Bertz CT molecular complexity index is 1240. The van der Waals surface area contributed by atoms with Crippen LogP contribution in [0.5, 0.6) is 5.75 Å². The standard InChI is InChI=1S/C25H32F3N9O4/c1-31-24(40)20(29)14-37(30)10-3-2-5-17-8-9-21(34-33-17)32-22(38)15-36-12-11-35(16-23(36)39)18-6-4-7-19(13-18)41-25(26,27)28/h4,6-9,13-14H,2-3,5,10-12,15-16,29-30H2,1H3,(H,31,40)(H,32,34,38)/b20-14-. The summed E-state index contributed by atoms with van der Waals surface area (Å²) in [7, 11) is 1.47. The minimum absolute atomic E-state index is 0.00858. The van der Waals surface area contributed by atoms with E-state index in [1.165, 1.54) is 41.4 Å². The fourth-order valence-electron chi connectivity index (χ4n) is 3.94. The van der Waals surface area contributed by atoms with E-state index in [2.05, 4.69) is 25.6 Å². The smallest absolute Gasteiger partial charge is 0.406 e. The second-order valence-corrected chi connectivity index (χ2v) is 9.10. The van der Waals surface area contributed by atoms with Crippen molar-refractivity contribution in [1.29, 1.82) is 0 Å². The van der Waals surface area contributed by atoms with E-state index in [0.29, 0.717) is 37.3 Å². The predicted molar refractivity (Wildman–Crippen MR) is 143 cm³/mol. The third-order valence-corrected chi connectivity index (χ3v) is 5.95. The summed E-state index contributed by atoms with van der Waals surface area (Å²) in [5.74, 6) is 4.44. The Balaban J connectivity index is 1.40. The molecule has 1 aliphatic heterocycles. The van der Waals surface area contributed by atoms with Gasteiger partial charge in [0.1, 0.15) is 18.0 Å². The molecule has 2 aromatic rings. The summed E-state index contributed by atoms with van der Waals surface area (Å²) in [5.41, 5.74) is 6.73. The Hall–Kier alpha value is -4.60. The van der Waals surface area contributed by atoms with Gasteiger partial charge in [-0.25, -0.2) is 5.84 Å². The lowest BCUT2D eigenvalue weighted by Gasteiger charge is -2.35. The Morgan fingerprint density at radius 2 is 1.95 bits per heavy atom. The van der Waals surface area contributed by atoms with Crippen LogP contribution in [-0.2, 0) is 20.8 Å². The number of ether oxygens (including phenoxy) is 1. The molecule has 222 valence electrons. The van der Waals surface area contributed by atoms with Gasteiger partial charge in [-0.15, -0.1) is 18.3 Å². The maximum Gasteiger partial charge on any atom is 0.573 e. The molecule has 0 bridgehead atoms. The number of amides is 3. The van der Waals surface area contributed by atoms with Crippen molar-refractivity contribution < 1.29 is 32.3 Å². The van der Waals surface area contributed by atoms with Crippen molar-refractivity contribution in [3.8, 4) is 5.75 Å². The molecular formula is C25H32F3N9O4. The lowest BCUT2D eigenvalue weighted by molar-refractivity contribution is -0.274. The zero-order chi connectivity index (χ0) is 30.0. The molecule has 1 fully saturated rings. The number of hydrazine groups is 1. The number of nitrogens with one attached hydrogen (secondary N) is 2. The molecule has 3 amide bonds. The number of halogens is 3. The highest BCUT2D eigenvalue weighted by Gasteiger charge is 2.32. The van der Waals surface area contributed by atoms with Crippen LogP contribution in [0.25, 0.3) is 0 Å². The number of hydrogen-bond acceptors (Lipinski definition) is 10. The highest BCUT2D eigenvalue weighted by Crippen LogP contribution is 2.27. The maximum absolute atomic E-state index is 12.6. The van der Waals surface area contributed by atoms with Gasteiger partial charge in [-0.3, -0.25) is 14.4 Å². The molecule has 1 saturated heterocycles. The Morgan fingerprint density at radius 1 is 1.17 bits per heavy atom. The van der Waals surface area contributed by atoms with Gasteiger partial charge in [-0.1, -0.05) is 6.07 Å². The first-order chi connectivity index (χ1) is 19.4. The van der Waals surface area contributed by atoms with E-state index in [0.717, 1.165) is 6.42 Å². The molecule has 1 aromatic carbocycles. The molecule has 0 radical (unpaired) electrons. The number of rotatable bonds is 12. The zero-order valence-corrected chi connectivity index (χ0v) is 22.4. The number of anilines is 2. The van der Waals surface area contributed by atoms with Crippen molar-refractivity contribution >= 4 is 29.2 Å². The molecule has 3 rings (SSSR count). The van der Waals surface area contributed by atoms with Crippen molar-refractivity contribution in [1.82, 2.24) is 25.4 Å². The van der Waals surface area contributed by atoms with Crippen molar-refractivity contribution in [2.45, 2.75) is 25.6 Å². The minimum Gasteiger partial charge on any atom is -0.406 e. The number of nitrogens with zero attached hydrogens (tertiary/aromatic N) is 5. The summed E-state index contributed by atoms with van der Waals surface area (Å²) < 4.78 is 41.5. The van der Waals surface area contributed by atoms with E-state index >= 15 is 0 Å². The van der Waals surface area contributed by atoms with Gasteiger partial charge in [0, 0.05) is 44.6 Å². The SMILES string of the molecule is CNC(=O)/C(N)=C/N(N)CCCCc1ccc(NC(=O)CN2CCN(c3cccc(OC(F)(F)F)c3)CC2=O)nn1. The summed E-state index contributed by atoms with van der Waals surface area (Å²) in [4.78, 5) is 39.5. The second kappa shape index (κ2) is 14.2. The van der Waals surface area contributed by atoms with Crippen molar-refractivity contribution in [2.24, 2.45) is 11.6 Å². The number of aromatic nitrogens is 2. The molecule has 13 nitrogen and oxygen atoms in total. The van der Waals surface area contributed by atoms with E-state index < -0.39 is 18.2 Å². The highest BCUT2D eigenvalue weighted by molar-refractivity contribution is 5.95. The van der Waals surface area contributed by atoms with Gasteiger partial charge in [0.25, 0.3) is 5.91 Å². The monoisotopic (exact) mass is 579 g/mol. The lowest BCUT2D eigenvalue weighted by Crippen LogP contribution is -2.52. The average Bonchev–Trinajstić information content (AvgIpc) is 2.91. The molecular weight excluding hydrogens is 547 g/mol. The number of benzene rings is 1. The number of hydrogen-bond donors (Lipinski definition) is 4. The van der Waals surface area contributed by atoms with Crippen LogP contribution in [0.1, 0.15) is 18.5 Å². The summed E-state index contributed by atoms with van der Waals surface area (Å²) in [6, 6.07) is 8.72. The van der Waals surface area contributed by atoms with Gasteiger partial charge in [0.2, 0.25) is 11.8 Å². The van der Waals surface area contributed by atoms with Gasteiger partial charge < -0.3 is 35.9 Å². The number of carbonyl (C=O) groups excluding carboxylic acids is 3. The summed E-state index contributed by atoms with van der Waals surface area (Å²) in [6.07, 6.45) is -1.38. The van der Waals surface area contributed by atoms with Crippen LogP contribution in [0.2, 0.25) is 0 Å². The van der Waals surface area contributed by atoms with Crippen molar-refractivity contribution in [2.75, 3.05) is 50.0 Å². The molecule has 2 heterocycles. The number of piperazine rings is 1. The topological polar surface area (TPSA) is 172 Å². The molecule has 16 heteroatoms. The molecule has 0 unspecified atom stereocenters. The van der Waals surface area contributed by atoms with Crippen LogP contribution in [0.3, 0.4) is 0 Å². The number of carbonyl (C=O) groups is 3. The predicted octanol–water partition coefficient (Wildman–Crippen LogP) is 0.707. The van der Waals surface area contributed by atoms with Crippen LogP contribution < -0.4 is 31.8 Å². The summed E-state index contributed by atoms with van der Waals surface area (Å²) >= 11 is 0. The normalized spacial score (nSPS) is 14.1. The molecule has 1 aliphatic rings. The van der Waals surface area contributed by atoms with Crippen LogP contribution in [0, 0.1) is 0 Å². The second-order valence-electron chi connectivity index (χ2n) is 9.10. The molecule has 1 aromatic heterocycles. The van der Waals surface area contributed by atoms with E-state index in [1.807, 2.05) is 0 Å². The fraction of sp³-hybridized carbons (Fsp3) is 0.400.